The van der Waals surface area contributed by atoms with Gasteiger partial charge in [-0.1, -0.05) is 11.6 Å². The summed E-state index contributed by atoms with van der Waals surface area (Å²) in [6.45, 7) is 0.344. The summed E-state index contributed by atoms with van der Waals surface area (Å²) in [5.74, 6) is 0.938. The van der Waals surface area contributed by atoms with Crippen LogP contribution in [0.2, 0.25) is 5.15 Å². The fourth-order valence-corrected chi connectivity index (χ4v) is 4.91. The molecule has 2 heterocycles. The number of hydrogen-bond acceptors (Lipinski definition) is 8. The minimum Gasteiger partial charge on any atom is -0.332 e. The average molecular weight is 339 g/mol. The standard InChI is InChI=1S/C9H11ClN4O4S2/c1-20(17,18)6-4-19-3-2-13(6)9-7(14(15)16)8(10)11-5-12-9/h5-6H,2-4H2,1H3. The van der Waals surface area contributed by atoms with Gasteiger partial charge in [-0.3, -0.25) is 10.1 Å². The van der Waals surface area contributed by atoms with Crippen LogP contribution in [-0.2, 0) is 9.84 Å². The molecule has 2 rings (SSSR count). The molecule has 0 saturated carbocycles. The molecule has 0 radical (unpaired) electrons. The molecule has 0 spiro atoms. The van der Waals surface area contributed by atoms with Crippen molar-refractivity contribution in [2.45, 2.75) is 5.37 Å². The Morgan fingerprint density at radius 3 is 2.85 bits per heavy atom. The first-order chi connectivity index (χ1) is 9.32. The smallest absolute Gasteiger partial charge is 0.332 e. The average Bonchev–Trinajstić information content (AvgIpc) is 2.37. The maximum absolute atomic E-state index is 11.8. The van der Waals surface area contributed by atoms with Gasteiger partial charge in [0.05, 0.1) is 4.92 Å². The Bertz CT molecular complexity index is 639. The summed E-state index contributed by atoms with van der Waals surface area (Å²) in [6.07, 6.45) is 2.19. The topological polar surface area (TPSA) is 106 Å². The number of hydrogen-bond donors (Lipinski definition) is 0. The number of aromatic nitrogens is 2. The highest BCUT2D eigenvalue weighted by Crippen LogP contribution is 2.35. The van der Waals surface area contributed by atoms with E-state index in [0.29, 0.717) is 18.1 Å². The van der Waals surface area contributed by atoms with Crippen LogP contribution < -0.4 is 4.90 Å². The van der Waals surface area contributed by atoms with Gasteiger partial charge in [-0.05, 0) is 0 Å². The summed E-state index contributed by atoms with van der Waals surface area (Å²) < 4.78 is 23.7. The van der Waals surface area contributed by atoms with Gasteiger partial charge < -0.3 is 4.90 Å². The van der Waals surface area contributed by atoms with Crippen molar-refractivity contribution in [1.82, 2.24) is 9.97 Å². The van der Waals surface area contributed by atoms with E-state index in [1.165, 1.54) is 16.7 Å². The molecule has 11 heteroatoms. The zero-order valence-electron chi connectivity index (χ0n) is 10.4. The van der Waals surface area contributed by atoms with E-state index in [1.807, 2.05) is 0 Å². The zero-order chi connectivity index (χ0) is 14.9. The van der Waals surface area contributed by atoms with Crippen LogP contribution in [0.1, 0.15) is 0 Å². The summed E-state index contributed by atoms with van der Waals surface area (Å²) in [5.41, 5.74) is -0.463. The first-order valence-electron chi connectivity index (χ1n) is 5.50. The summed E-state index contributed by atoms with van der Waals surface area (Å²) in [6, 6.07) is 0. The van der Waals surface area contributed by atoms with Gasteiger partial charge in [0.1, 0.15) is 11.7 Å². The first-order valence-corrected chi connectivity index (χ1v) is 8.99. The zero-order valence-corrected chi connectivity index (χ0v) is 12.8. The second-order valence-electron chi connectivity index (χ2n) is 4.15. The van der Waals surface area contributed by atoms with Gasteiger partial charge in [0.15, 0.2) is 9.84 Å². The van der Waals surface area contributed by atoms with Crippen molar-refractivity contribution in [2.75, 3.05) is 29.2 Å². The summed E-state index contributed by atoms with van der Waals surface area (Å²) >= 11 is 7.21. The van der Waals surface area contributed by atoms with Crippen molar-refractivity contribution in [2.24, 2.45) is 0 Å². The van der Waals surface area contributed by atoms with Crippen LogP contribution in [0.25, 0.3) is 0 Å². The normalized spacial score (nSPS) is 19.9. The van der Waals surface area contributed by atoms with Crippen molar-refractivity contribution in [3.63, 3.8) is 0 Å². The van der Waals surface area contributed by atoms with Gasteiger partial charge >= 0.3 is 5.69 Å². The molecule has 1 aromatic heterocycles. The Hall–Kier alpha value is -1.13. The third-order valence-electron chi connectivity index (χ3n) is 2.79. The predicted octanol–water partition coefficient (Wildman–Crippen LogP) is 0.962. The SMILES string of the molecule is CS(=O)(=O)C1CSCCN1c1ncnc(Cl)c1[N+](=O)[O-]. The number of rotatable bonds is 3. The van der Waals surface area contributed by atoms with Gasteiger partial charge in [-0.15, -0.1) is 0 Å². The lowest BCUT2D eigenvalue weighted by Gasteiger charge is -2.34. The van der Waals surface area contributed by atoms with E-state index < -0.39 is 25.8 Å². The largest absolute Gasteiger partial charge is 0.348 e. The summed E-state index contributed by atoms with van der Waals surface area (Å²) in [7, 11) is -3.40. The predicted molar refractivity (Wildman–Crippen MR) is 77.0 cm³/mol. The van der Waals surface area contributed by atoms with Gasteiger partial charge in [0, 0.05) is 24.3 Å². The number of anilines is 1. The van der Waals surface area contributed by atoms with Crippen LogP contribution in [0, 0.1) is 10.1 Å². The Morgan fingerprint density at radius 1 is 1.55 bits per heavy atom. The number of nitro groups is 1. The molecule has 1 aliphatic heterocycles. The molecule has 8 nitrogen and oxygen atoms in total. The third-order valence-corrected chi connectivity index (χ3v) is 5.71. The maximum Gasteiger partial charge on any atom is 0.348 e. The first kappa shape index (κ1) is 15.3. The molecule has 0 aromatic carbocycles. The lowest BCUT2D eigenvalue weighted by Crippen LogP contribution is -2.47. The minimum atomic E-state index is -3.40. The van der Waals surface area contributed by atoms with Crippen molar-refractivity contribution in [3.05, 3.63) is 21.6 Å². The molecule has 1 aromatic rings. The third kappa shape index (κ3) is 2.96. The fraction of sp³-hybridized carbons (Fsp3) is 0.556. The monoisotopic (exact) mass is 338 g/mol. The van der Waals surface area contributed by atoms with Gasteiger partial charge in [-0.25, -0.2) is 18.4 Å². The van der Waals surface area contributed by atoms with E-state index in [9.17, 15) is 18.5 Å². The molecule has 0 bridgehead atoms. The Labute approximate surface area is 124 Å². The van der Waals surface area contributed by atoms with E-state index in [0.717, 1.165) is 12.6 Å². The molecule has 110 valence electrons. The van der Waals surface area contributed by atoms with E-state index in [4.69, 9.17) is 11.6 Å². The van der Waals surface area contributed by atoms with Gasteiger partial charge in [-0.2, -0.15) is 11.8 Å². The number of thioether (sulfide) groups is 1. The van der Waals surface area contributed by atoms with Crippen molar-refractivity contribution >= 4 is 44.7 Å². The highest BCUT2D eigenvalue weighted by molar-refractivity contribution is 8.01. The number of halogens is 1. The van der Waals surface area contributed by atoms with Crippen molar-refractivity contribution in [1.29, 1.82) is 0 Å². The highest BCUT2D eigenvalue weighted by atomic mass is 35.5. The van der Waals surface area contributed by atoms with Crippen molar-refractivity contribution < 1.29 is 13.3 Å². The molecule has 1 saturated heterocycles. The molecule has 0 aliphatic carbocycles. The van der Waals surface area contributed by atoms with E-state index in [1.54, 1.807) is 0 Å². The fourth-order valence-electron chi connectivity index (χ4n) is 1.89. The molecule has 1 aliphatic rings. The molecule has 20 heavy (non-hydrogen) atoms. The Kier molecular flexibility index (Phi) is 4.35. The molecule has 1 unspecified atom stereocenters. The molecular formula is C9H11ClN4O4S2. The van der Waals surface area contributed by atoms with Crippen LogP contribution in [0.15, 0.2) is 6.33 Å². The number of sulfone groups is 1. The highest BCUT2D eigenvalue weighted by Gasteiger charge is 2.36. The van der Waals surface area contributed by atoms with E-state index in [-0.39, 0.29) is 11.0 Å². The minimum absolute atomic E-state index is 0.0503. The Balaban J connectivity index is 2.54. The molecular weight excluding hydrogens is 328 g/mol. The van der Waals surface area contributed by atoms with E-state index in [2.05, 4.69) is 9.97 Å². The van der Waals surface area contributed by atoms with Crippen LogP contribution >= 0.6 is 23.4 Å². The van der Waals surface area contributed by atoms with Gasteiger partial charge in [0.25, 0.3) is 0 Å². The lowest BCUT2D eigenvalue weighted by atomic mass is 10.4. The van der Waals surface area contributed by atoms with Crippen LogP contribution in [0.4, 0.5) is 11.5 Å². The second kappa shape index (κ2) is 5.70. The molecule has 1 atom stereocenters. The quantitative estimate of drug-likeness (QED) is 0.455. The van der Waals surface area contributed by atoms with Crippen LogP contribution in [0.3, 0.4) is 0 Å². The van der Waals surface area contributed by atoms with Crippen LogP contribution in [-0.4, -0.2) is 53.0 Å². The summed E-state index contributed by atoms with van der Waals surface area (Å²) in [5, 5.41) is 9.95. The molecule has 0 amide bonds. The van der Waals surface area contributed by atoms with Gasteiger partial charge in [0.2, 0.25) is 11.0 Å². The maximum atomic E-state index is 11.8. The van der Waals surface area contributed by atoms with E-state index >= 15 is 0 Å². The number of nitrogens with zero attached hydrogens (tertiary/aromatic N) is 4. The van der Waals surface area contributed by atoms with Crippen molar-refractivity contribution in [3.8, 4) is 0 Å². The lowest BCUT2D eigenvalue weighted by molar-refractivity contribution is -0.384. The molecule has 1 fully saturated rings. The van der Waals surface area contributed by atoms with Crippen LogP contribution in [0.5, 0.6) is 0 Å². The Morgan fingerprint density at radius 2 is 2.25 bits per heavy atom. The molecule has 0 N–H and O–H groups in total. The summed E-state index contributed by atoms with van der Waals surface area (Å²) in [4.78, 5) is 19.3. The second-order valence-corrected chi connectivity index (χ2v) is 7.86.